The number of nitrogens with zero attached hydrogens (tertiary/aromatic N) is 3. The Morgan fingerprint density at radius 1 is 0.230 bits per heavy atom. The summed E-state index contributed by atoms with van der Waals surface area (Å²) >= 11 is 0. The minimum Gasteiger partial charge on any atom is -0.308 e. The summed E-state index contributed by atoms with van der Waals surface area (Å²) in [6.45, 7) is 0. The van der Waals surface area contributed by atoms with Crippen molar-refractivity contribution in [3.05, 3.63) is 238 Å². The van der Waals surface area contributed by atoms with Crippen LogP contribution in [0.25, 0.3) is 111 Å². The second-order valence-corrected chi connectivity index (χ2v) is 22.7. The number of rotatable bonds is 7. The van der Waals surface area contributed by atoms with Crippen molar-refractivity contribution in [2.45, 2.75) is 55.6 Å². The van der Waals surface area contributed by atoms with Crippen molar-refractivity contribution in [1.29, 1.82) is 5.26 Å². The van der Waals surface area contributed by atoms with E-state index in [1.807, 2.05) is 6.07 Å². The average molecular weight is 1430 g/mol. The zero-order valence-electron chi connectivity index (χ0n) is 48.9. The van der Waals surface area contributed by atoms with Crippen molar-refractivity contribution in [2.24, 2.45) is 0 Å². The lowest BCUT2D eigenvalue weighted by Gasteiger charge is -2.19. The van der Waals surface area contributed by atoms with Crippen molar-refractivity contribution < 1.29 is 119 Å². The SMILES string of the molecule is N#Cc1c(-n2c3ccc(-c4ccc(C(F)(F)F)cc4C(F)(F)F)cc3c3cc(-c4ccc(C(F)(F)F)cc4C(F)(F)F)ccc32)cc(-c2cccc(C(F)(F)F)c2)cc1-n1c2ccc(-c3ccc(C(F)(F)F)cc3C(F)(F)F)cc2c2cc(-c3ccc(C(F)(F)F)cc3C(F)(F)F)ccc21. The summed E-state index contributed by atoms with van der Waals surface area (Å²) in [7, 11) is 0. The third-order valence-electron chi connectivity index (χ3n) is 16.6. The van der Waals surface area contributed by atoms with Crippen LogP contribution < -0.4 is 0 Å². The summed E-state index contributed by atoms with van der Waals surface area (Å²) in [5.41, 5.74) is -25.4. The molecule has 0 aliphatic heterocycles. The molecule has 2 heterocycles. The van der Waals surface area contributed by atoms with Crippen LogP contribution in [0, 0.1) is 11.3 Å². The zero-order valence-corrected chi connectivity index (χ0v) is 48.9. The Labute approximate surface area is 541 Å². The molecular formula is C70H30F27N3. The quantitative estimate of drug-likeness (QED) is 0.146. The molecule has 100 heavy (non-hydrogen) atoms. The Bertz CT molecular complexity index is 4800. The maximum Gasteiger partial charge on any atom is 0.417 e. The maximum atomic E-state index is 14.9. The number of benzene rings is 10. The highest BCUT2D eigenvalue weighted by atomic mass is 19.4. The van der Waals surface area contributed by atoms with E-state index in [9.17, 15) is 124 Å². The Morgan fingerprint density at radius 3 is 0.710 bits per heavy atom. The summed E-state index contributed by atoms with van der Waals surface area (Å²) in [5.74, 6) is 0. The van der Waals surface area contributed by atoms with Gasteiger partial charge in [0.25, 0.3) is 0 Å². The van der Waals surface area contributed by atoms with Gasteiger partial charge in [-0.2, -0.15) is 124 Å². The Kier molecular flexibility index (Phi) is 16.1. The van der Waals surface area contributed by atoms with Gasteiger partial charge in [0.15, 0.2) is 0 Å². The molecule has 12 aromatic rings. The van der Waals surface area contributed by atoms with E-state index in [1.165, 1.54) is 0 Å². The number of halogens is 27. The largest absolute Gasteiger partial charge is 0.417 e. The van der Waals surface area contributed by atoms with Crippen LogP contribution in [0.5, 0.6) is 0 Å². The molecule has 0 aliphatic rings. The zero-order chi connectivity index (χ0) is 72.9. The molecule has 12 rings (SSSR count). The first-order valence-electron chi connectivity index (χ1n) is 28.3. The van der Waals surface area contributed by atoms with E-state index < -0.39 is 167 Å². The minimum absolute atomic E-state index is 0.219. The van der Waals surface area contributed by atoms with Crippen molar-refractivity contribution in [2.75, 3.05) is 0 Å². The molecule has 3 nitrogen and oxygen atoms in total. The molecule has 0 saturated carbocycles. The van der Waals surface area contributed by atoms with Crippen LogP contribution in [0.2, 0.25) is 0 Å². The summed E-state index contributed by atoms with van der Waals surface area (Å²) in [4.78, 5) is 0. The summed E-state index contributed by atoms with van der Waals surface area (Å²) in [6, 6.07) is 20.8. The normalized spacial score (nSPS) is 13.3. The van der Waals surface area contributed by atoms with Gasteiger partial charge in [-0.3, -0.25) is 0 Å². The number of alkyl halides is 27. The Balaban J connectivity index is 1.22. The van der Waals surface area contributed by atoms with E-state index in [4.69, 9.17) is 0 Å². The molecule has 0 bridgehead atoms. The fraction of sp³-hybridized carbons (Fsp3) is 0.129. The molecule has 10 aromatic carbocycles. The van der Waals surface area contributed by atoms with Crippen LogP contribution in [0.15, 0.2) is 182 Å². The molecule has 0 N–H and O–H groups in total. The standard InChI is InChI=1S/C70H30F27N3/c71-62(72,73)38-3-1-2-32(20-38)37-25-60(99-56-16-4-33(43-12-8-39(63(74,75)76)27-52(43)67(86,87)88)21-47(56)48-22-34(5-17-57(48)99)44-13-9-40(64(77,78)79)28-53(44)68(89,90)91)51(31-98)61(26-37)100-58-18-6-35(45-14-10-41(65(80,81)82)29-54(45)69(92,93)94)23-49(58)50-24-36(7-19-59(50)100)46-15-11-42(66(83,84)85)30-55(46)70(95,96)97/h1-30H. The summed E-state index contributed by atoms with van der Waals surface area (Å²) in [5, 5.41) is 10.2. The van der Waals surface area contributed by atoms with Gasteiger partial charge in [-0.05, 0) is 177 Å². The van der Waals surface area contributed by atoms with E-state index in [0.29, 0.717) is 60.7 Å². The van der Waals surface area contributed by atoms with Gasteiger partial charge < -0.3 is 9.13 Å². The van der Waals surface area contributed by atoms with E-state index in [2.05, 4.69) is 0 Å². The smallest absolute Gasteiger partial charge is 0.308 e. The lowest BCUT2D eigenvalue weighted by Crippen LogP contribution is -2.12. The van der Waals surface area contributed by atoms with E-state index in [-0.39, 0.29) is 79.0 Å². The fourth-order valence-electron chi connectivity index (χ4n) is 12.2. The molecular weight excluding hydrogens is 1400 g/mol. The van der Waals surface area contributed by atoms with Gasteiger partial charge in [0, 0.05) is 21.5 Å². The molecule has 514 valence electrons. The van der Waals surface area contributed by atoms with Gasteiger partial charge in [-0.15, -0.1) is 0 Å². The lowest BCUT2D eigenvalue weighted by atomic mass is 9.94. The predicted molar refractivity (Wildman–Crippen MR) is 312 cm³/mol. The van der Waals surface area contributed by atoms with Crippen molar-refractivity contribution >= 4 is 43.6 Å². The van der Waals surface area contributed by atoms with Gasteiger partial charge in [0.05, 0.1) is 83.5 Å². The van der Waals surface area contributed by atoms with E-state index in [1.54, 1.807) is 0 Å². The first-order valence-corrected chi connectivity index (χ1v) is 28.3. The van der Waals surface area contributed by atoms with Crippen LogP contribution in [-0.2, 0) is 55.6 Å². The van der Waals surface area contributed by atoms with Gasteiger partial charge in [-0.1, -0.05) is 60.7 Å². The molecule has 0 saturated heterocycles. The summed E-state index contributed by atoms with van der Waals surface area (Å²) < 4.78 is 393. The Morgan fingerprint density at radius 2 is 0.480 bits per heavy atom. The van der Waals surface area contributed by atoms with E-state index >= 15 is 0 Å². The molecule has 30 heteroatoms. The second-order valence-electron chi connectivity index (χ2n) is 22.7. The van der Waals surface area contributed by atoms with Gasteiger partial charge in [0.1, 0.15) is 11.6 Å². The highest BCUT2D eigenvalue weighted by Crippen LogP contribution is 2.51. The molecule has 0 spiro atoms. The van der Waals surface area contributed by atoms with Crippen molar-refractivity contribution in [1.82, 2.24) is 9.13 Å². The highest BCUT2D eigenvalue weighted by Gasteiger charge is 2.44. The molecule has 0 unspecified atom stereocenters. The van der Waals surface area contributed by atoms with Gasteiger partial charge in [0.2, 0.25) is 0 Å². The van der Waals surface area contributed by atoms with Gasteiger partial charge >= 0.3 is 55.6 Å². The third-order valence-corrected chi connectivity index (χ3v) is 16.6. The molecule has 0 amide bonds. The summed E-state index contributed by atoms with van der Waals surface area (Å²) in [6.07, 6.45) is -48.7. The highest BCUT2D eigenvalue weighted by molar-refractivity contribution is 6.14. The number of fused-ring (bicyclic) bond motifs is 6. The fourth-order valence-corrected chi connectivity index (χ4v) is 12.2. The first-order chi connectivity index (χ1) is 46.2. The molecule has 0 aliphatic carbocycles. The molecule has 2 aromatic heterocycles. The van der Waals surface area contributed by atoms with Crippen LogP contribution in [-0.4, -0.2) is 9.13 Å². The monoisotopic (exact) mass is 1430 g/mol. The molecule has 0 radical (unpaired) electrons. The topological polar surface area (TPSA) is 33.6 Å². The first kappa shape index (κ1) is 69.3. The third kappa shape index (κ3) is 12.6. The minimum atomic E-state index is -5.55. The molecule has 0 atom stereocenters. The van der Waals surface area contributed by atoms with Crippen LogP contribution in [0.1, 0.15) is 55.6 Å². The van der Waals surface area contributed by atoms with Crippen molar-refractivity contribution in [3.8, 4) is 73.1 Å². The average Bonchev–Trinajstić information content (AvgIpc) is 1.55. The van der Waals surface area contributed by atoms with Crippen LogP contribution in [0.4, 0.5) is 119 Å². The second kappa shape index (κ2) is 23.3. The maximum absolute atomic E-state index is 14.9. The number of nitriles is 1. The molecule has 0 fully saturated rings. The Hall–Kier alpha value is -10.6. The lowest BCUT2D eigenvalue weighted by molar-refractivity contribution is -0.144. The number of hydrogen-bond acceptors (Lipinski definition) is 1. The van der Waals surface area contributed by atoms with E-state index in [0.717, 1.165) is 106 Å². The van der Waals surface area contributed by atoms with Crippen LogP contribution >= 0.6 is 0 Å². The van der Waals surface area contributed by atoms with Crippen molar-refractivity contribution in [3.63, 3.8) is 0 Å². The van der Waals surface area contributed by atoms with Gasteiger partial charge in [-0.25, -0.2) is 0 Å². The van der Waals surface area contributed by atoms with Crippen LogP contribution in [0.3, 0.4) is 0 Å². The number of aromatic nitrogens is 2. The predicted octanol–water partition coefficient (Wildman–Crippen LogP) is 25.3. The number of hydrogen-bond donors (Lipinski definition) is 0.